The first-order chi connectivity index (χ1) is 11.7. The van der Waals surface area contributed by atoms with Gasteiger partial charge in [0.15, 0.2) is 0 Å². The largest absolute Gasteiger partial charge is 0.393 e. The van der Waals surface area contributed by atoms with E-state index >= 15 is 0 Å². The highest BCUT2D eigenvalue weighted by Gasteiger charge is 2.21. The van der Waals surface area contributed by atoms with Crippen LogP contribution in [0.2, 0.25) is 0 Å². The van der Waals surface area contributed by atoms with Crippen LogP contribution < -0.4 is 10.6 Å². The van der Waals surface area contributed by atoms with E-state index in [0.29, 0.717) is 6.54 Å². The maximum atomic E-state index is 12.3. The fraction of sp³-hybridized carbons (Fsp3) is 0.632. The third-order valence-corrected chi connectivity index (χ3v) is 5.19. The van der Waals surface area contributed by atoms with Crippen LogP contribution in [0.25, 0.3) is 0 Å². The van der Waals surface area contributed by atoms with Crippen LogP contribution in [0, 0.1) is 5.92 Å². The number of rotatable bonds is 5. The summed E-state index contributed by atoms with van der Waals surface area (Å²) in [5, 5.41) is 16.0. The fourth-order valence-corrected chi connectivity index (χ4v) is 3.60. The van der Waals surface area contributed by atoms with Gasteiger partial charge in [0.25, 0.3) is 0 Å². The molecule has 3 N–H and O–H groups in total. The van der Waals surface area contributed by atoms with Gasteiger partial charge in [0.1, 0.15) is 0 Å². The lowest BCUT2D eigenvalue weighted by molar-refractivity contribution is -0.125. The zero-order valence-electron chi connectivity index (χ0n) is 14.3. The van der Waals surface area contributed by atoms with Gasteiger partial charge in [-0.05, 0) is 43.4 Å². The normalized spacial score (nSPS) is 23.1. The first-order valence-electron chi connectivity index (χ1n) is 9.18. The van der Waals surface area contributed by atoms with E-state index in [9.17, 15) is 9.90 Å². The minimum Gasteiger partial charge on any atom is -0.393 e. The van der Waals surface area contributed by atoms with Crippen LogP contribution >= 0.6 is 0 Å². The molecule has 132 valence electrons. The molecule has 2 saturated heterocycles. The minimum absolute atomic E-state index is 0.106. The Morgan fingerprint density at radius 2 is 1.96 bits per heavy atom. The summed E-state index contributed by atoms with van der Waals surface area (Å²) in [6.45, 7) is 5.19. The molecule has 1 aromatic carbocycles. The molecule has 1 amide bonds. The minimum atomic E-state index is -0.139. The van der Waals surface area contributed by atoms with Gasteiger partial charge in [-0.15, -0.1) is 0 Å². The molecule has 0 radical (unpaired) electrons. The molecule has 0 spiro atoms. The summed E-state index contributed by atoms with van der Waals surface area (Å²) in [5.41, 5.74) is 2.47. The molecule has 1 aromatic rings. The van der Waals surface area contributed by atoms with E-state index < -0.39 is 0 Å². The zero-order chi connectivity index (χ0) is 16.8. The standard InChI is InChI=1S/C19H29N3O2/c23-18-7-10-22(11-8-18)14-17-5-2-1-4-15(17)13-21-19(24)16-6-3-9-20-12-16/h1-2,4-5,16,18,20,23H,3,6-14H2,(H,21,24). The van der Waals surface area contributed by atoms with Crippen molar-refractivity contribution in [3.63, 3.8) is 0 Å². The van der Waals surface area contributed by atoms with Crippen molar-refractivity contribution in [1.29, 1.82) is 0 Å². The van der Waals surface area contributed by atoms with Gasteiger partial charge in [0.2, 0.25) is 5.91 Å². The van der Waals surface area contributed by atoms with E-state index in [1.54, 1.807) is 0 Å². The lowest BCUT2D eigenvalue weighted by atomic mass is 9.98. The van der Waals surface area contributed by atoms with E-state index in [-0.39, 0.29) is 17.9 Å². The molecule has 1 unspecified atom stereocenters. The molecule has 2 fully saturated rings. The topological polar surface area (TPSA) is 64.6 Å². The Balaban J connectivity index is 1.54. The molecule has 0 saturated carbocycles. The van der Waals surface area contributed by atoms with E-state index in [4.69, 9.17) is 0 Å². The summed E-state index contributed by atoms with van der Waals surface area (Å²) in [6.07, 6.45) is 3.63. The average Bonchev–Trinajstić information content (AvgIpc) is 2.63. The second-order valence-electron chi connectivity index (χ2n) is 7.04. The molecule has 2 aliphatic rings. The number of nitrogens with one attached hydrogen (secondary N) is 2. The number of likely N-dealkylation sites (tertiary alicyclic amines) is 1. The first-order valence-corrected chi connectivity index (χ1v) is 9.18. The summed E-state index contributed by atoms with van der Waals surface area (Å²) in [6, 6.07) is 8.35. The summed E-state index contributed by atoms with van der Waals surface area (Å²) >= 11 is 0. The van der Waals surface area contributed by atoms with Crippen LogP contribution in [0.3, 0.4) is 0 Å². The Bertz CT molecular complexity index is 535. The third kappa shape index (κ3) is 4.79. The van der Waals surface area contributed by atoms with Crippen molar-refractivity contribution in [1.82, 2.24) is 15.5 Å². The van der Waals surface area contributed by atoms with E-state index in [1.807, 2.05) is 6.07 Å². The number of aliphatic hydroxyl groups excluding tert-OH is 1. The molecule has 2 heterocycles. The van der Waals surface area contributed by atoms with Crippen LogP contribution in [-0.2, 0) is 17.9 Å². The molecule has 3 rings (SSSR count). The molecule has 0 aromatic heterocycles. The number of hydrogen-bond acceptors (Lipinski definition) is 4. The number of piperidine rings is 2. The summed E-state index contributed by atoms with van der Waals surface area (Å²) in [7, 11) is 0. The second-order valence-corrected chi connectivity index (χ2v) is 7.04. The lowest BCUT2D eigenvalue weighted by Gasteiger charge is -2.30. The number of carbonyl (C=O) groups excluding carboxylic acids is 1. The predicted octanol–water partition coefficient (Wildman–Crippen LogP) is 1.26. The van der Waals surface area contributed by atoms with Gasteiger partial charge in [-0.2, -0.15) is 0 Å². The number of benzene rings is 1. The third-order valence-electron chi connectivity index (χ3n) is 5.19. The van der Waals surface area contributed by atoms with E-state index in [0.717, 1.165) is 58.4 Å². The Kier molecular flexibility index (Phi) is 6.24. The molecule has 0 aliphatic carbocycles. The number of nitrogens with zero attached hydrogens (tertiary/aromatic N) is 1. The van der Waals surface area contributed by atoms with Gasteiger partial charge in [-0.25, -0.2) is 0 Å². The molecule has 24 heavy (non-hydrogen) atoms. The van der Waals surface area contributed by atoms with E-state index in [1.165, 1.54) is 11.1 Å². The summed E-state index contributed by atoms with van der Waals surface area (Å²) in [4.78, 5) is 14.7. The zero-order valence-corrected chi connectivity index (χ0v) is 14.3. The lowest BCUT2D eigenvalue weighted by Crippen LogP contribution is -2.40. The average molecular weight is 331 g/mol. The fourth-order valence-electron chi connectivity index (χ4n) is 3.60. The first kappa shape index (κ1) is 17.4. The molecule has 0 bridgehead atoms. The van der Waals surface area contributed by atoms with E-state index in [2.05, 4.69) is 33.7 Å². The number of hydrogen-bond donors (Lipinski definition) is 3. The highest BCUT2D eigenvalue weighted by atomic mass is 16.3. The van der Waals surface area contributed by atoms with Crippen LogP contribution in [0.15, 0.2) is 24.3 Å². The number of carbonyl (C=O) groups is 1. The molecular formula is C19H29N3O2. The molecule has 5 nitrogen and oxygen atoms in total. The highest BCUT2D eigenvalue weighted by molar-refractivity contribution is 5.79. The number of amides is 1. The Morgan fingerprint density at radius 1 is 1.21 bits per heavy atom. The van der Waals surface area contributed by atoms with Gasteiger partial charge >= 0.3 is 0 Å². The van der Waals surface area contributed by atoms with Crippen molar-refractivity contribution in [3.05, 3.63) is 35.4 Å². The van der Waals surface area contributed by atoms with Crippen molar-refractivity contribution in [2.45, 2.75) is 44.9 Å². The van der Waals surface area contributed by atoms with Gasteiger partial charge in [-0.3, -0.25) is 9.69 Å². The SMILES string of the molecule is O=C(NCc1ccccc1CN1CCC(O)CC1)C1CCCNC1. The van der Waals surface area contributed by atoms with Gasteiger partial charge < -0.3 is 15.7 Å². The maximum absolute atomic E-state index is 12.3. The Hall–Kier alpha value is -1.43. The van der Waals surface area contributed by atoms with Crippen molar-refractivity contribution in [2.24, 2.45) is 5.92 Å². The highest BCUT2D eigenvalue weighted by Crippen LogP contribution is 2.17. The number of aliphatic hydroxyl groups is 1. The smallest absolute Gasteiger partial charge is 0.224 e. The van der Waals surface area contributed by atoms with Crippen molar-refractivity contribution < 1.29 is 9.90 Å². The Morgan fingerprint density at radius 3 is 2.67 bits per heavy atom. The van der Waals surface area contributed by atoms with Crippen molar-refractivity contribution in [2.75, 3.05) is 26.2 Å². The predicted molar refractivity (Wildman–Crippen MR) is 94.4 cm³/mol. The van der Waals surface area contributed by atoms with Crippen LogP contribution in [0.4, 0.5) is 0 Å². The Labute approximate surface area is 144 Å². The second kappa shape index (κ2) is 8.60. The van der Waals surface area contributed by atoms with Gasteiger partial charge in [0, 0.05) is 32.7 Å². The molecule has 1 atom stereocenters. The monoisotopic (exact) mass is 331 g/mol. The summed E-state index contributed by atoms with van der Waals surface area (Å²) < 4.78 is 0. The van der Waals surface area contributed by atoms with Gasteiger partial charge in [0.05, 0.1) is 12.0 Å². The van der Waals surface area contributed by atoms with Crippen LogP contribution in [-0.4, -0.2) is 48.2 Å². The van der Waals surface area contributed by atoms with Crippen LogP contribution in [0.1, 0.15) is 36.8 Å². The maximum Gasteiger partial charge on any atom is 0.224 e. The quantitative estimate of drug-likeness (QED) is 0.760. The van der Waals surface area contributed by atoms with Crippen molar-refractivity contribution >= 4 is 5.91 Å². The van der Waals surface area contributed by atoms with Gasteiger partial charge in [-0.1, -0.05) is 24.3 Å². The molecule has 2 aliphatic heterocycles. The molecule has 5 heteroatoms. The van der Waals surface area contributed by atoms with Crippen LogP contribution in [0.5, 0.6) is 0 Å². The van der Waals surface area contributed by atoms with Crippen molar-refractivity contribution in [3.8, 4) is 0 Å². The molecular weight excluding hydrogens is 302 g/mol. The summed E-state index contributed by atoms with van der Waals surface area (Å²) in [5.74, 6) is 0.271.